The quantitative estimate of drug-likeness (QED) is 0.175. The number of benzene rings is 1. The van der Waals surface area contributed by atoms with E-state index in [2.05, 4.69) is 33.7 Å². The van der Waals surface area contributed by atoms with Crippen LogP contribution in [0.15, 0.2) is 61.9 Å². The third-order valence-electron chi connectivity index (χ3n) is 7.45. The van der Waals surface area contributed by atoms with Gasteiger partial charge in [0.2, 0.25) is 5.91 Å². The average Bonchev–Trinajstić information content (AvgIpc) is 3.45. The number of piperazine rings is 1. The molecule has 2 N–H and O–H groups in total. The summed E-state index contributed by atoms with van der Waals surface area (Å²) >= 11 is 7.10. The first-order valence-electron chi connectivity index (χ1n) is 14.6. The van der Waals surface area contributed by atoms with Gasteiger partial charge in [-0.2, -0.15) is 0 Å². The molecule has 2 aliphatic rings. The number of hydrogen-bond donors (Lipinski definition) is 2. The summed E-state index contributed by atoms with van der Waals surface area (Å²) in [4.78, 5) is 41.1. The number of nitrogens with zero attached hydrogens (tertiary/aromatic N) is 5. The summed E-state index contributed by atoms with van der Waals surface area (Å²) in [6.45, 7) is 12.3. The number of rotatable bonds is 6. The molecule has 2 aliphatic heterocycles. The molecular formula is C33H38ClN7O4S. The Kier molecular flexibility index (Phi) is 11.9. The fraction of sp³-hybridized carbons (Fsp3) is 0.303. The summed E-state index contributed by atoms with van der Waals surface area (Å²) < 4.78 is 11.5. The first kappa shape index (κ1) is 34.2. The summed E-state index contributed by atoms with van der Waals surface area (Å²) in [5.41, 5.74) is 3.69. The van der Waals surface area contributed by atoms with Crippen LogP contribution in [0.4, 0.5) is 22.5 Å². The Balaban J connectivity index is 0.000000340. The number of aromatic nitrogens is 3. The molecule has 0 bridgehead atoms. The van der Waals surface area contributed by atoms with Gasteiger partial charge in [-0.15, -0.1) is 13.2 Å². The van der Waals surface area contributed by atoms with Gasteiger partial charge in [-0.1, -0.05) is 35.1 Å². The first-order valence-corrected chi connectivity index (χ1v) is 15.8. The zero-order valence-corrected chi connectivity index (χ0v) is 28.0. The van der Waals surface area contributed by atoms with E-state index in [1.165, 1.54) is 23.1 Å². The lowest BCUT2D eigenvalue weighted by Gasteiger charge is -2.40. The van der Waals surface area contributed by atoms with Gasteiger partial charge in [-0.25, -0.2) is 15.0 Å². The predicted octanol–water partition coefficient (Wildman–Crippen LogP) is 6.48. The van der Waals surface area contributed by atoms with E-state index in [9.17, 15) is 9.59 Å². The van der Waals surface area contributed by atoms with Crippen LogP contribution < -0.4 is 25.0 Å². The number of halogens is 1. The van der Waals surface area contributed by atoms with E-state index < -0.39 is 0 Å². The molecule has 1 atom stereocenters. The lowest BCUT2D eigenvalue weighted by atomic mass is 10.1. The van der Waals surface area contributed by atoms with Gasteiger partial charge in [0.15, 0.2) is 34.6 Å². The summed E-state index contributed by atoms with van der Waals surface area (Å²) in [5.74, 6) is 2.65. The standard InChI is InChI=1S/C23H24N6O4S.C8H10ClN.C2H4/c1-14(31)28-6-7-29-16(12-28)5-8-33-20-9-15(10-24-22(20)29)18-3-4-19(32-2)21(26-18)27-23-25-11-17(13-30)34-23;1-6-4-3-5-7(9)8(6)10-2;1-2/h3-4,9-11,13,16H,5-8,12H2,1-2H3,(H,25,26,27);3-5,10H,1-2H3;1-2H2. The second-order valence-electron chi connectivity index (χ2n) is 10.2. The van der Waals surface area contributed by atoms with Gasteiger partial charge in [0, 0.05) is 51.8 Å². The molecule has 0 radical (unpaired) electrons. The van der Waals surface area contributed by atoms with Crippen molar-refractivity contribution < 1.29 is 19.1 Å². The van der Waals surface area contributed by atoms with E-state index >= 15 is 0 Å². The van der Waals surface area contributed by atoms with Crippen LogP contribution in [0.25, 0.3) is 11.3 Å². The monoisotopic (exact) mass is 663 g/mol. The second kappa shape index (κ2) is 16.1. The van der Waals surface area contributed by atoms with E-state index in [1.807, 2.05) is 55.3 Å². The number of hydrogen-bond acceptors (Lipinski definition) is 11. The summed E-state index contributed by atoms with van der Waals surface area (Å²) in [5, 5.41) is 7.49. The summed E-state index contributed by atoms with van der Waals surface area (Å²) in [7, 11) is 3.44. The van der Waals surface area contributed by atoms with Crippen LogP contribution in [0.3, 0.4) is 0 Å². The third-order valence-corrected chi connectivity index (χ3v) is 8.61. The molecule has 11 nitrogen and oxygen atoms in total. The van der Waals surface area contributed by atoms with Crippen LogP contribution in [0.1, 0.15) is 28.6 Å². The molecule has 1 saturated heterocycles. The highest BCUT2D eigenvalue weighted by Gasteiger charge is 2.33. The molecule has 0 aliphatic carbocycles. The van der Waals surface area contributed by atoms with E-state index in [1.54, 1.807) is 20.2 Å². The Labute approximate surface area is 278 Å². The van der Waals surface area contributed by atoms with Gasteiger partial charge in [-0.3, -0.25) is 9.59 Å². The second-order valence-corrected chi connectivity index (χ2v) is 11.7. The topological polar surface area (TPSA) is 122 Å². The van der Waals surface area contributed by atoms with Gasteiger partial charge >= 0.3 is 0 Å². The lowest BCUT2D eigenvalue weighted by molar-refractivity contribution is -0.129. The number of pyridine rings is 2. The molecule has 3 aromatic heterocycles. The smallest absolute Gasteiger partial charge is 0.219 e. The maximum Gasteiger partial charge on any atom is 0.219 e. The van der Waals surface area contributed by atoms with E-state index in [0.717, 1.165) is 41.3 Å². The SMILES string of the molecule is C=C.CNc1c(C)cccc1Cl.COc1ccc(-c2cnc3c(c2)OCCC2CN(C(C)=O)CCN32)nc1Nc1ncc(C=O)s1. The minimum absolute atomic E-state index is 0.100. The number of methoxy groups -OCH3 is 1. The highest BCUT2D eigenvalue weighted by molar-refractivity contribution is 7.17. The normalized spacial score (nSPS) is 14.8. The van der Waals surface area contributed by atoms with Crippen molar-refractivity contribution in [2.75, 3.05) is 55.9 Å². The average molecular weight is 664 g/mol. The Morgan fingerprint density at radius 3 is 2.65 bits per heavy atom. The van der Waals surface area contributed by atoms with Gasteiger partial charge in [-0.05, 0) is 36.8 Å². The molecular weight excluding hydrogens is 626 g/mol. The molecule has 1 aromatic carbocycles. The van der Waals surface area contributed by atoms with Crippen LogP contribution in [0, 0.1) is 6.92 Å². The molecule has 46 heavy (non-hydrogen) atoms. The van der Waals surface area contributed by atoms with Crippen molar-refractivity contribution in [3.05, 3.63) is 77.4 Å². The highest BCUT2D eigenvalue weighted by Crippen LogP contribution is 2.37. The molecule has 0 saturated carbocycles. The maximum absolute atomic E-state index is 11.8. The molecule has 13 heteroatoms. The van der Waals surface area contributed by atoms with Crippen molar-refractivity contribution in [3.8, 4) is 22.8 Å². The van der Waals surface area contributed by atoms with Gasteiger partial charge in [0.1, 0.15) is 0 Å². The number of thiazole rings is 1. The van der Waals surface area contributed by atoms with E-state index in [-0.39, 0.29) is 11.9 Å². The minimum Gasteiger partial charge on any atom is -0.493 e. The molecule has 1 fully saturated rings. The maximum atomic E-state index is 11.8. The number of para-hydroxylation sites is 1. The van der Waals surface area contributed by atoms with Crippen molar-refractivity contribution in [2.24, 2.45) is 0 Å². The molecule has 242 valence electrons. The fourth-order valence-corrected chi connectivity index (χ4v) is 6.13. The predicted molar refractivity (Wildman–Crippen MR) is 185 cm³/mol. The number of amides is 1. The van der Waals surface area contributed by atoms with Gasteiger partial charge in [0.05, 0.1) is 47.2 Å². The summed E-state index contributed by atoms with van der Waals surface area (Å²) in [6, 6.07) is 11.7. The van der Waals surface area contributed by atoms with Crippen LogP contribution in [-0.4, -0.2) is 78.5 Å². The number of carbonyl (C=O) groups excluding carboxylic acids is 2. The zero-order valence-electron chi connectivity index (χ0n) is 26.4. The number of ether oxygens (including phenoxy) is 2. The fourth-order valence-electron chi connectivity index (χ4n) is 5.18. The zero-order chi connectivity index (χ0) is 33.2. The third kappa shape index (κ3) is 7.93. The van der Waals surface area contributed by atoms with Crippen molar-refractivity contribution in [1.82, 2.24) is 19.9 Å². The largest absolute Gasteiger partial charge is 0.493 e. The molecule has 4 aromatic rings. The first-order chi connectivity index (χ1) is 22.3. The molecule has 1 unspecified atom stereocenters. The number of anilines is 4. The van der Waals surface area contributed by atoms with E-state index in [0.29, 0.717) is 52.7 Å². The number of aryl methyl sites for hydroxylation is 1. The molecule has 6 rings (SSSR count). The highest BCUT2D eigenvalue weighted by atomic mass is 35.5. The Morgan fingerprint density at radius 1 is 1.20 bits per heavy atom. The van der Waals surface area contributed by atoms with Crippen LogP contribution in [-0.2, 0) is 4.79 Å². The number of fused-ring (bicyclic) bond motifs is 3. The van der Waals surface area contributed by atoms with Crippen LogP contribution >= 0.6 is 22.9 Å². The van der Waals surface area contributed by atoms with Crippen LogP contribution in [0.5, 0.6) is 11.5 Å². The molecule has 1 amide bonds. The number of aldehydes is 1. The minimum atomic E-state index is 0.100. The van der Waals surface area contributed by atoms with Crippen molar-refractivity contribution >= 4 is 57.6 Å². The van der Waals surface area contributed by atoms with Crippen molar-refractivity contribution in [2.45, 2.75) is 26.3 Å². The Bertz CT molecular complexity index is 1650. The Hall–Kier alpha value is -4.68. The van der Waals surface area contributed by atoms with Gasteiger partial charge in [0.25, 0.3) is 0 Å². The number of carbonyl (C=O) groups is 2. The molecule has 0 spiro atoms. The molecule has 5 heterocycles. The van der Waals surface area contributed by atoms with Crippen molar-refractivity contribution in [1.29, 1.82) is 0 Å². The van der Waals surface area contributed by atoms with Gasteiger partial charge < -0.3 is 29.9 Å². The number of nitrogens with one attached hydrogen (secondary N) is 2. The summed E-state index contributed by atoms with van der Waals surface area (Å²) in [6.07, 6.45) is 4.87. The van der Waals surface area contributed by atoms with E-state index in [4.69, 9.17) is 31.0 Å². The van der Waals surface area contributed by atoms with Crippen LogP contribution in [0.2, 0.25) is 5.02 Å². The Morgan fingerprint density at radius 2 is 2.00 bits per heavy atom. The van der Waals surface area contributed by atoms with Crippen molar-refractivity contribution in [3.63, 3.8) is 0 Å². The lowest BCUT2D eigenvalue weighted by Crippen LogP contribution is -2.54.